The molecule has 5 nitrogen and oxygen atoms in total. The van der Waals surface area contributed by atoms with Crippen molar-refractivity contribution >= 4 is 40.8 Å². The average molecular weight is 366 g/mol. The minimum atomic E-state index is -1.13. The standard InChI is InChI=1S/C17H13Cl2NO4/c18-11-4-3-5-12(19)10(11)8-16(21)20-9-15(17(22)23)24-14-7-2-1-6-13(14)20/h1-7,15H,8-9H2,(H,22,23)/t15-/m1/s1. The van der Waals surface area contributed by atoms with Gasteiger partial charge in [-0.05, 0) is 29.8 Å². The van der Waals surface area contributed by atoms with Gasteiger partial charge in [-0.1, -0.05) is 41.4 Å². The Morgan fingerprint density at radius 3 is 2.46 bits per heavy atom. The van der Waals surface area contributed by atoms with E-state index in [1.54, 1.807) is 42.5 Å². The second kappa shape index (κ2) is 6.71. The topological polar surface area (TPSA) is 66.8 Å². The first-order valence-electron chi connectivity index (χ1n) is 7.19. The summed E-state index contributed by atoms with van der Waals surface area (Å²) >= 11 is 12.2. The van der Waals surface area contributed by atoms with Gasteiger partial charge in [0.2, 0.25) is 12.0 Å². The maximum absolute atomic E-state index is 12.8. The zero-order valence-corrected chi connectivity index (χ0v) is 13.9. The Balaban J connectivity index is 1.92. The third-order valence-corrected chi connectivity index (χ3v) is 4.45. The minimum Gasteiger partial charge on any atom is -0.478 e. The van der Waals surface area contributed by atoms with Crippen molar-refractivity contribution in [1.82, 2.24) is 0 Å². The lowest BCUT2D eigenvalue weighted by Crippen LogP contribution is -2.47. The van der Waals surface area contributed by atoms with E-state index in [0.29, 0.717) is 27.0 Å². The maximum Gasteiger partial charge on any atom is 0.346 e. The van der Waals surface area contributed by atoms with Gasteiger partial charge in [0.05, 0.1) is 18.7 Å². The predicted octanol–water partition coefficient (Wildman–Crippen LogP) is 3.41. The number of ether oxygens (including phenoxy) is 1. The molecule has 2 aromatic carbocycles. The molecule has 0 saturated heterocycles. The van der Waals surface area contributed by atoms with E-state index >= 15 is 0 Å². The van der Waals surface area contributed by atoms with Gasteiger partial charge in [-0.25, -0.2) is 4.79 Å². The quantitative estimate of drug-likeness (QED) is 0.904. The monoisotopic (exact) mass is 365 g/mol. The van der Waals surface area contributed by atoms with E-state index in [0.717, 1.165) is 0 Å². The molecule has 1 amide bonds. The third kappa shape index (κ3) is 3.18. The molecule has 0 aliphatic carbocycles. The molecule has 3 rings (SSSR count). The summed E-state index contributed by atoms with van der Waals surface area (Å²) < 4.78 is 5.43. The summed E-state index contributed by atoms with van der Waals surface area (Å²) in [5.74, 6) is -1.07. The fraction of sp³-hybridized carbons (Fsp3) is 0.176. The lowest BCUT2D eigenvalue weighted by atomic mass is 10.1. The number of halogens is 2. The van der Waals surface area contributed by atoms with Gasteiger partial charge in [0, 0.05) is 10.0 Å². The van der Waals surface area contributed by atoms with Crippen LogP contribution in [0.25, 0.3) is 0 Å². The Morgan fingerprint density at radius 1 is 1.12 bits per heavy atom. The molecule has 7 heteroatoms. The third-order valence-electron chi connectivity index (χ3n) is 3.74. The number of rotatable bonds is 3. The first kappa shape index (κ1) is 16.6. The Hall–Kier alpha value is -2.24. The van der Waals surface area contributed by atoms with E-state index in [1.165, 1.54) is 4.90 Å². The molecular formula is C17H13Cl2NO4. The Labute approximate surface area is 148 Å². The van der Waals surface area contributed by atoms with E-state index < -0.39 is 12.1 Å². The van der Waals surface area contributed by atoms with E-state index in [1.807, 2.05) is 0 Å². The molecule has 0 unspecified atom stereocenters. The van der Waals surface area contributed by atoms with Crippen LogP contribution in [0.5, 0.6) is 5.75 Å². The van der Waals surface area contributed by atoms with Crippen molar-refractivity contribution < 1.29 is 19.4 Å². The zero-order chi connectivity index (χ0) is 17.3. The highest BCUT2D eigenvalue weighted by atomic mass is 35.5. The Bertz CT molecular complexity index is 789. The summed E-state index contributed by atoms with van der Waals surface area (Å²) in [5.41, 5.74) is 1.05. The largest absolute Gasteiger partial charge is 0.478 e. The van der Waals surface area contributed by atoms with Crippen LogP contribution in [0.4, 0.5) is 5.69 Å². The van der Waals surface area contributed by atoms with Crippen LogP contribution in [0.1, 0.15) is 5.56 Å². The Kier molecular flexibility index (Phi) is 4.64. The molecule has 1 atom stereocenters. The van der Waals surface area contributed by atoms with Gasteiger partial charge >= 0.3 is 5.97 Å². The molecule has 1 heterocycles. The van der Waals surface area contributed by atoms with Crippen LogP contribution < -0.4 is 9.64 Å². The van der Waals surface area contributed by atoms with Crippen molar-refractivity contribution in [2.75, 3.05) is 11.4 Å². The van der Waals surface area contributed by atoms with Crippen LogP contribution in [0.3, 0.4) is 0 Å². The number of carbonyl (C=O) groups is 2. The molecule has 0 fully saturated rings. The molecule has 0 saturated carbocycles. The van der Waals surface area contributed by atoms with Gasteiger partial charge in [-0.15, -0.1) is 0 Å². The molecule has 24 heavy (non-hydrogen) atoms. The summed E-state index contributed by atoms with van der Waals surface area (Å²) in [7, 11) is 0. The second-order valence-electron chi connectivity index (χ2n) is 5.29. The average Bonchev–Trinajstić information content (AvgIpc) is 2.57. The van der Waals surface area contributed by atoms with Crippen molar-refractivity contribution in [3.8, 4) is 5.75 Å². The number of hydrogen-bond donors (Lipinski definition) is 1. The van der Waals surface area contributed by atoms with Crippen molar-refractivity contribution in [2.24, 2.45) is 0 Å². The Morgan fingerprint density at radius 2 is 1.79 bits per heavy atom. The normalized spacial score (nSPS) is 16.2. The number of carboxylic acid groups (broad SMARTS) is 1. The molecule has 1 aliphatic heterocycles. The van der Waals surface area contributed by atoms with Gasteiger partial charge < -0.3 is 14.7 Å². The highest BCUT2D eigenvalue weighted by molar-refractivity contribution is 6.36. The fourth-order valence-corrected chi connectivity index (χ4v) is 3.08. The van der Waals surface area contributed by atoms with Crippen molar-refractivity contribution in [1.29, 1.82) is 0 Å². The number of anilines is 1. The SMILES string of the molecule is O=C(O)[C@H]1CN(C(=O)Cc2c(Cl)cccc2Cl)c2ccccc2O1. The van der Waals surface area contributed by atoms with Gasteiger partial charge in [-0.3, -0.25) is 4.79 Å². The smallest absolute Gasteiger partial charge is 0.346 e. The van der Waals surface area contributed by atoms with Crippen molar-refractivity contribution in [2.45, 2.75) is 12.5 Å². The fourth-order valence-electron chi connectivity index (χ4n) is 2.55. The van der Waals surface area contributed by atoms with Gasteiger partial charge in [0.25, 0.3) is 0 Å². The number of aliphatic carboxylic acids is 1. The highest BCUT2D eigenvalue weighted by Crippen LogP contribution is 2.34. The number of carboxylic acids is 1. The van der Waals surface area contributed by atoms with Gasteiger partial charge in [0.15, 0.2) is 0 Å². The van der Waals surface area contributed by atoms with E-state index in [2.05, 4.69) is 0 Å². The first-order chi connectivity index (χ1) is 11.5. The molecule has 2 aromatic rings. The highest BCUT2D eigenvalue weighted by Gasteiger charge is 2.33. The predicted molar refractivity (Wildman–Crippen MR) is 91.0 cm³/mol. The molecule has 1 N–H and O–H groups in total. The molecule has 124 valence electrons. The van der Waals surface area contributed by atoms with E-state index in [-0.39, 0.29) is 18.9 Å². The minimum absolute atomic E-state index is 0.0286. The van der Waals surface area contributed by atoms with E-state index in [4.69, 9.17) is 27.9 Å². The number of carbonyl (C=O) groups excluding carboxylic acids is 1. The number of fused-ring (bicyclic) bond motifs is 1. The van der Waals surface area contributed by atoms with Gasteiger partial charge in [0.1, 0.15) is 5.75 Å². The maximum atomic E-state index is 12.8. The zero-order valence-electron chi connectivity index (χ0n) is 12.4. The summed E-state index contributed by atoms with van der Waals surface area (Å²) in [6.07, 6.45) is -1.15. The van der Waals surface area contributed by atoms with Crippen molar-refractivity contribution in [3.05, 3.63) is 58.1 Å². The number of nitrogens with zero attached hydrogens (tertiary/aromatic N) is 1. The summed E-state index contributed by atoms with van der Waals surface area (Å²) in [6.45, 7) is -0.0761. The van der Waals surface area contributed by atoms with Crippen LogP contribution >= 0.6 is 23.2 Å². The second-order valence-corrected chi connectivity index (χ2v) is 6.11. The number of para-hydroxylation sites is 2. The number of hydrogen-bond acceptors (Lipinski definition) is 3. The van der Waals surface area contributed by atoms with Crippen LogP contribution in [0, 0.1) is 0 Å². The lowest BCUT2D eigenvalue weighted by Gasteiger charge is -2.33. The van der Waals surface area contributed by atoms with Crippen LogP contribution in [0.2, 0.25) is 10.0 Å². The molecule has 1 aliphatic rings. The van der Waals surface area contributed by atoms with Gasteiger partial charge in [-0.2, -0.15) is 0 Å². The summed E-state index contributed by atoms with van der Waals surface area (Å²) in [4.78, 5) is 25.5. The molecular weight excluding hydrogens is 353 g/mol. The summed E-state index contributed by atoms with van der Waals surface area (Å²) in [6, 6.07) is 11.8. The molecule has 0 spiro atoms. The first-order valence-corrected chi connectivity index (χ1v) is 7.94. The molecule has 0 aromatic heterocycles. The number of amides is 1. The summed E-state index contributed by atoms with van der Waals surface area (Å²) in [5, 5.41) is 10.0. The van der Waals surface area contributed by atoms with E-state index in [9.17, 15) is 14.7 Å². The molecule has 0 bridgehead atoms. The van der Waals surface area contributed by atoms with Crippen molar-refractivity contribution in [3.63, 3.8) is 0 Å². The van der Waals surface area contributed by atoms with Crippen LogP contribution in [0.15, 0.2) is 42.5 Å². The van der Waals surface area contributed by atoms with Crippen LogP contribution in [-0.2, 0) is 16.0 Å². The number of benzene rings is 2. The molecule has 0 radical (unpaired) electrons. The lowest BCUT2D eigenvalue weighted by molar-refractivity contribution is -0.145. The van der Waals surface area contributed by atoms with Crippen LogP contribution in [-0.4, -0.2) is 29.6 Å².